The van der Waals surface area contributed by atoms with E-state index in [9.17, 15) is 4.79 Å². The van der Waals surface area contributed by atoms with Crippen molar-refractivity contribution in [3.63, 3.8) is 0 Å². The third kappa shape index (κ3) is 4.55. The summed E-state index contributed by atoms with van der Waals surface area (Å²) in [6.45, 7) is 3.46. The Kier molecular flexibility index (Phi) is 4.93. The van der Waals surface area contributed by atoms with E-state index in [1.807, 2.05) is 11.9 Å². The minimum absolute atomic E-state index is 0.108. The minimum atomic E-state index is 0.108. The van der Waals surface area contributed by atoms with Gasteiger partial charge in [0.25, 0.3) is 0 Å². The molecule has 1 fully saturated rings. The highest BCUT2D eigenvalue weighted by atomic mass is 32.1. The van der Waals surface area contributed by atoms with Crippen molar-refractivity contribution in [2.75, 3.05) is 46.4 Å². The number of amides is 1. The van der Waals surface area contributed by atoms with Crippen LogP contribution in [0.4, 0.5) is 0 Å². The summed E-state index contributed by atoms with van der Waals surface area (Å²) in [5, 5.41) is 0. The first-order valence-corrected chi connectivity index (χ1v) is 5.33. The van der Waals surface area contributed by atoms with Gasteiger partial charge in [-0.2, -0.15) is 0 Å². The fourth-order valence-corrected chi connectivity index (χ4v) is 1.69. The van der Waals surface area contributed by atoms with Crippen molar-refractivity contribution < 1.29 is 9.53 Å². The van der Waals surface area contributed by atoms with Crippen molar-refractivity contribution in [2.45, 2.75) is 0 Å². The molecule has 0 bridgehead atoms. The average Bonchev–Trinajstić information content (AvgIpc) is 2.17. The lowest BCUT2D eigenvalue weighted by Gasteiger charge is -2.28. The van der Waals surface area contributed by atoms with Crippen LogP contribution in [-0.2, 0) is 9.53 Å². The summed E-state index contributed by atoms with van der Waals surface area (Å²) in [6, 6.07) is 0. The van der Waals surface area contributed by atoms with E-state index in [1.165, 1.54) is 0 Å². The molecule has 15 heavy (non-hydrogen) atoms. The molecule has 6 heteroatoms. The van der Waals surface area contributed by atoms with E-state index >= 15 is 0 Å². The average molecular weight is 231 g/mol. The van der Waals surface area contributed by atoms with Crippen LogP contribution in [0.2, 0.25) is 0 Å². The van der Waals surface area contributed by atoms with Gasteiger partial charge in [-0.25, -0.2) is 0 Å². The number of likely N-dealkylation sites (N-methyl/N-ethyl adjacent to an activating group) is 1. The maximum absolute atomic E-state index is 11.7. The monoisotopic (exact) mass is 231 g/mol. The molecule has 1 aliphatic rings. The van der Waals surface area contributed by atoms with Gasteiger partial charge < -0.3 is 15.4 Å². The highest BCUT2D eigenvalue weighted by Crippen LogP contribution is 1.98. The summed E-state index contributed by atoms with van der Waals surface area (Å²) >= 11 is 4.77. The van der Waals surface area contributed by atoms with Crippen molar-refractivity contribution >= 4 is 23.1 Å². The number of rotatable bonds is 4. The van der Waals surface area contributed by atoms with Crippen LogP contribution in [0.1, 0.15) is 0 Å². The van der Waals surface area contributed by atoms with E-state index in [0.29, 0.717) is 44.4 Å². The maximum atomic E-state index is 11.7. The van der Waals surface area contributed by atoms with Gasteiger partial charge in [-0.1, -0.05) is 12.2 Å². The topological polar surface area (TPSA) is 58.8 Å². The molecule has 1 heterocycles. The van der Waals surface area contributed by atoms with Crippen LogP contribution < -0.4 is 5.73 Å². The number of carbonyl (C=O) groups is 1. The molecule has 86 valence electrons. The second-order valence-electron chi connectivity index (χ2n) is 3.63. The predicted molar refractivity (Wildman–Crippen MR) is 61.7 cm³/mol. The van der Waals surface area contributed by atoms with Crippen molar-refractivity contribution in [2.24, 2.45) is 5.73 Å². The number of ether oxygens (including phenoxy) is 1. The molecule has 5 nitrogen and oxygen atoms in total. The summed E-state index contributed by atoms with van der Waals surface area (Å²) in [6.07, 6.45) is 0. The highest BCUT2D eigenvalue weighted by Gasteiger charge is 2.17. The molecule has 0 aromatic heterocycles. The molecule has 1 rings (SSSR count). The number of hydrogen-bond donors (Lipinski definition) is 1. The van der Waals surface area contributed by atoms with E-state index in [-0.39, 0.29) is 5.91 Å². The number of hydrogen-bond acceptors (Lipinski definition) is 4. The van der Waals surface area contributed by atoms with Crippen molar-refractivity contribution in [3.05, 3.63) is 0 Å². The Hall–Kier alpha value is -0.720. The van der Waals surface area contributed by atoms with E-state index in [4.69, 9.17) is 22.7 Å². The Morgan fingerprint density at radius 3 is 2.60 bits per heavy atom. The highest BCUT2D eigenvalue weighted by molar-refractivity contribution is 7.80. The zero-order chi connectivity index (χ0) is 11.3. The molecule has 2 N–H and O–H groups in total. The van der Waals surface area contributed by atoms with Gasteiger partial charge in [0.1, 0.15) is 0 Å². The summed E-state index contributed by atoms with van der Waals surface area (Å²) in [5.74, 6) is 0.108. The second kappa shape index (κ2) is 5.99. The number of nitrogens with two attached hydrogens (primary N) is 1. The van der Waals surface area contributed by atoms with E-state index in [2.05, 4.69) is 0 Å². The first-order chi connectivity index (χ1) is 7.09. The molecule has 0 radical (unpaired) electrons. The lowest BCUT2D eigenvalue weighted by molar-refractivity contribution is -0.135. The SMILES string of the molecule is CN(CC(=O)N1CCOCC1)CC(N)=S. The van der Waals surface area contributed by atoms with Gasteiger partial charge in [0, 0.05) is 19.6 Å². The first-order valence-electron chi connectivity index (χ1n) is 4.92. The van der Waals surface area contributed by atoms with Crippen LogP contribution in [0.15, 0.2) is 0 Å². The molecule has 1 saturated heterocycles. The van der Waals surface area contributed by atoms with Crippen LogP contribution in [0.5, 0.6) is 0 Å². The fraction of sp³-hybridized carbons (Fsp3) is 0.778. The first kappa shape index (κ1) is 12.4. The largest absolute Gasteiger partial charge is 0.392 e. The molecule has 1 aliphatic heterocycles. The molecule has 0 aromatic rings. The molecule has 0 spiro atoms. The van der Waals surface area contributed by atoms with E-state index in [1.54, 1.807) is 4.90 Å². The summed E-state index contributed by atoms with van der Waals surface area (Å²) in [4.78, 5) is 15.8. The quantitative estimate of drug-likeness (QED) is 0.633. The minimum Gasteiger partial charge on any atom is -0.392 e. The number of nitrogens with zero attached hydrogens (tertiary/aromatic N) is 2. The van der Waals surface area contributed by atoms with E-state index < -0.39 is 0 Å². The zero-order valence-electron chi connectivity index (χ0n) is 8.94. The predicted octanol–water partition coefficient (Wildman–Crippen LogP) is -0.937. The molecule has 1 amide bonds. The third-order valence-corrected chi connectivity index (χ3v) is 2.32. The van der Waals surface area contributed by atoms with Crippen LogP contribution in [0, 0.1) is 0 Å². The van der Waals surface area contributed by atoms with Gasteiger partial charge in [-0.3, -0.25) is 9.69 Å². The molecule has 0 atom stereocenters. The lowest BCUT2D eigenvalue weighted by atomic mass is 10.4. The van der Waals surface area contributed by atoms with Gasteiger partial charge in [0.2, 0.25) is 5.91 Å². The zero-order valence-corrected chi connectivity index (χ0v) is 9.76. The lowest BCUT2D eigenvalue weighted by Crippen LogP contribution is -2.46. The maximum Gasteiger partial charge on any atom is 0.236 e. The summed E-state index contributed by atoms with van der Waals surface area (Å²) in [7, 11) is 1.83. The van der Waals surface area contributed by atoms with Gasteiger partial charge in [0.05, 0.1) is 24.7 Å². The Morgan fingerprint density at radius 1 is 1.47 bits per heavy atom. The molecular formula is C9H17N3O2S. The number of carbonyl (C=O) groups excluding carboxylic acids is 1. The van der Waals surface area contributed by atoms with E-state index in [0.717, 1.165) is 0 Å². The molecule has 0 saturated carbocycles. The van der Waals surface area contributed by atoms with Crippen molar-refractivity contribution in [3.8, 4) is 0 Å². The number of morpholine rings is 1. The van der Waals surface area contributed by atoms with Gasteiger partial charge in [-0.05, 0) is 7.05 Å². The van der Waals surface area contributed by atoms with Gasteiger partial charge in [-0.15, -0.1) is 0 Å². The fourth-order valence-electron chi connectivity index (χ4n) is 1.47. The normalized spacial score (nSPS) is 16.8. The molecular weight excluding hydrogens is 214 g/mol. The van der Waals surface area contributed by atoms with Crippen LogP contribution in [0.3, 0.4) is 0 Å². The Balaban J connectivity index is 2.30. The van der Waals surface area contributed by atoms with Crippen LogP contribution >= 0.6 is 12.2 Å². The Labute approximate surface area is 95.1 Å². The van der Waals surface area contributed by atoms with Crippen molar-refractivity contribution in [1.29, 1.82) is 0 Å². The third-order valence-electron chi connectivity index (χ3n) is 2.19. The Bertz CT molecular complexity index is 242. The van der Waals surface area contributed by atoms with Gasteiger partial charge >= 0.3 is 0 Å². The molecule has 0 aromatic carbocycles. The molecule has 0 unspecified atom stereocenters. The summed E-state index contributed by atoms with van der Waals surface area (Å²) in [5.41, 5.74) is 5.39. The Morgan fingerprint density at radius 2 is 2.07 bits per heavy atom. The van der Waals surface area contributed by atoms with Crippen LogP contribution in [-0.4, -0.2) is 67.1 Å². The van der Waals surface area contributed by atoms with Crippen LogP contribution in [0.25, 0.3) is 0 Å². The standard InChI is InChI=1S/C9H17N3O2S/c1-11(6-8(10)15)7-9(13)12-2-4-14-5-3-12/h2-7H2,1H3,(H2,10,15). The molecule has 0 aliphatic carbocycles. The summed E-state index contributed by atoms with van der Waals surface area (Å²) < 4.78 is 5.17. The number of thiocarbonyl (C=S) groups is 1. The van der Waals surface area contributed by atoms with Crippen molar-refractivity contribution in [1.82, 2.24) is 9.80 Å². The second-order valence-corrected chi connectivity index (χ2v) is 4.16. The van der Waals surface area contributed by atoms with Gasteiger partial charge in [0.15, 0.2) is 0 Å². The smallest absolute Gasteiger partial charge is 0.236 e.